The number of benzene rings is 2. The Morgan fingerprint density at radius 3 is 2.85 bits per heavy atom. The number of rotatable bonds is 4. The van der Waals surface area contributed by atoms with Gasteiger partial charge in [0.25, 0.3) is 5.91 Å². The molecule has 1 aromatic heterocycles. The molecule has 0 saturated heterocycles. The van der Waals surface area contributed by atoms with Gasteiger partial charge in [0.1, 0.15) is 6.10 Å². The number of methoxy groups -OCH3 is 1. The Morgan fingerprint density at radius 1 is 1.30 bits per heavy atom. The molecule has 0 radical (unpaired) electrons. The molecule has 2 heterocycles. The number of aromatic nitrogens is 2. The van der Waals surface area contributed by atoms with Gasteiger partial charge in [0.15, 0.2) is 17.3 Å². The molecule has 3 aromatic rings. The van der Waals surface area contributed by atoms with Gasteiger partial charge in [-0.15, -0.1) is 0 Å². The Labute approximate surface area is 155 Å². The molecule has 0 unspecified atom stereocenters. The maximum atomic E-state index is 13.8. The lowest BCUT2D eigenvalue weighted by Crippen LogP contribution is -2.23. The first-order valence-electron chi connectivity index (χ1n) is 8.51. The van der Waals surface area contributed by atoms with Crippen LogP contribution in [-0.2, 0) is 17.9 Å². The minimum atomic E-state index is -0.545. The van der Waals surface area contributed by atoms with Gasteiger partial charge in [-0.3, -0.25) is 4.79 Å². The van der Waals surface area contributed by atoms with Crippen LogP contribution >= 0.6 is 0 Å². The molecule has 4 rings (SSSR count). The number of hydrogen-bond acceptors (Lipinski definition) is 4. The number of ether oxygens (including phenoxy) is 2. The summed E-state index contributed by atoms with van der Waals surface area (Å²) in [6, 6.07) is 14.2. The van der Waals surface area contributed by atoms with E-state index in [2.05, 4.69) is 10.3 Å². The Hall–Kier alpha value is -3.19. The molecule has 1 aliphatic rings. The summed E-state index contributed by atoms with van der Waals surface area (Å²) in [5.74, 6) is -0.834. The maximum absolute atomic E-state index is 13.8. The molecule has 1 aliphatic heterocycles. The Morgan fingerprint density at radius 2 is 2.11 bits per heavy atom. The molecule has 1 atom stereocenters. The monoisotopic (exact) mass is 367 g/mol. The van der Waals surface area contributed by atoms with Crippen molar-refractivity contribution in [1.82, 2.24) is 9.55 Å². The summed E-state index contributed by atoms with van der Waals surface area (Å²) < 4.78 is 26.5. The van der Waals surface area contributed by atoms with E-state index in [0.717, 1.165) is 5.56 Å². The van der Waals surface area contributed by atoms with E-state index in [1.807, 2.05) is 34.9 Å². The second kappa shape index (κ2) is 7.20. The molecule has 7 heteroatoms. The molecule has 0 aliphatic carbocycles. The Bertz CT molecular complexity index is 972. The fourth-order valence-electron chi connectivity index (χ4n) is 3.12. The van der Waals surface area contributed by atoms with E-state index in [0.29, 0.717) is 17.9 Å². The van der Waals surface area contributed by atoms with Gasteiger partial charge < -0.3 is 19.4 Å². The quantitative estimate of drug-likeness (QED) is 0.766. The molecule has 2 aromatic carbocycles. The van der Waals surface area contributed by atoms with Crippen molar-refractivity contribution >= 4 is 11.6 Å². The molecular weight excluding hydrogens is 349 g/mol. The van der Waals surface area contributed by atoms with Gasteiger partial charge in [0.05, 0.1) is 32.3 Å². The van der Waals surface area contributed by atoms with E-state index in [4.69, 9.17) is 9.47 Å². The highest BCUT2D eigenvalue weighted by Crippen LogP contribution is 2.28. The SMILES string of the molecule is COc1ccc(NC(=O)c2ncn3c2CO[C@H](c2ccccc2)C3)cc1F. The van der Waals surface area contributed by atoms with Crippen molar-refractivity contribution in [3.63, 3.8) is 0 Å². The van der Waals surface area contributed by atoms with Crippen LogP contribution in [0.2, 0.25) is 0 Å². The first kappa shape index (κ1) is 17.2. The van der Waals surface area contributed by atoms with Crippen molar-refractivity contribution in [2.45, 2.75) is 19.3 Å². The van der Waals surface area contributed by atoms with Crippen molar-refractivity contribution in [1.29, 1.82) is 0 Å². The third kappa shape index (κ3) is 3.41. The number of fused-ring (bicyclic) bond motifs is 1. The second-order valence-corrected chi connectivity index (χ2v) is 6.21. The average molecular weight is 367 g/mol. The molecule has 0 fully saturated rings. The molecule has 27 heavy (non-hydrogen) atoms. The van der Waals surface area contributed by atoms with Crippen LogP contribution in [0, 0.1) is 5.82 Å². The number of nitrogens with one attached hydrogen (secondary N) is 1. The number of hydrogen-bond donors (Lipinski definition) is 1. The highest BCUT2D eigenvalue weighted by atomic mass is 19.1. The van der Waals surface area contributed by atoms with Crippen LogP contribution in [-0.4, -0.2) is 22.6 Å². The van der Waals surface area contributed by atoms with Gasteiger partial charge in [-0.25, -0.2) is 9.37 Å². The summed E-state index contributed by atoms with van der Waals surface area (Å²) in [4.78, 5) is 16.8. The fraction of sp³-hybridized carbons (Fsp3) is 0.200. The molecule has 1 amide bonds. The van der Waals surface area contributed by atoms with Crippen molar-refractivity contribution < 1.29 is 18.7 Å². The van der Waals surface area contributed by atoms with E-state index >= 15 is 0 Å². The van der Waals surface area contributed by atoms with Crippen LogP contribution < -0.4 is 10.1 Å². The van der Waals surface area contributed by atoms with E-state index in [-0.39, 0.29) is 24.2 Å². The predicted octanol–water partition coefficient (Wildman–Crippen LogP) is 3.55. The lowest BCUT2D eigenvalue weighted by molar-refractivity contribution is 0.00265. The Balaban J connectivity index is 1.51. The topological polar surface area (TPSA) is 65.4 Å². The molecular formula is C20H18FN3O3. The molecule has 0 spiro atoms. The van der Waals surface area contributed by atoms with E-state index in [1.165, 1.54) is 19.2 Å². The van der Waals surface area contributed by atoms with Crippen LogP contribution in [0.15, 0.2) is 54.9 Å². The first-order chi connectivity index (χ1) is 13.2. The number of carbonyl (C=O) groups excluding carboxylic acids is 1. The van der Waals surface area contributed by atoms with Crippen LogP contribution in [0.1, 0.15) is 27.8 Å². The second-order valence-electron chi connectivity index (χ2n) is 6.21. The van der Waals surface area contributed by atoms with Crippen molar-refractivity contribution in [2.24, 2.45) is 0 Å². The third-order valence-electron chi connectivity index (χ3n) is 4.53. The van der Waals surface area contributed by atoms with Gasteiger partial charge in [-0.2, -0.15) is 0 Å². The summed E-state index contributed by atoms with van der Waals surface area (Å²) in [5, 5.41) is 2.66. The van der Waals surface area contributed by atoms with Crippen molar-refractivity contribution in [3.05, 3.63) is 77.6 Å². The standard InChI is InChI=1S/C20H18FN3O3/c1-26-17-8-7-14(9-15(17)21)23-20(25)19-16-11-27-18(10-24(16)12-22-19)13-5-3-2-4-6-13/h2-9,12,18H,10-11H2,1H3,(H,23,25)/t18-/m0/s1. The number of halogens is 1. The number of nitrogens with zero attached hydrogens (tertiary/aromatic N) is 2. The molecule has 1 N–H and O–H groups in total. The molecule has 0 bridgehead atoms. The normalized spacial score (nSPS) is 15.9. The van der Waals surface area contributed by atoms with E-state index in [1.54, 1.807) is 12.4 Å². The lowest BCUT2D eigenvalue weighted by atomic mass is 10.1. The molecule has 0 saturated carbocycles. The van der Waals surface area contributed by atoms with Gasteiger partial charge in [-0.1, -0.05) is 30.3 Å². The molecule has 6 nitrogen and oxygen atoms in total. The summed E-state index contributed by atoms with van der Waals surface area (Å²) in [6.07, 6.45) is 1.55. The zero-order valence-corrected chi connectivity index (χ0v) is 14.7. The van der Waals surface area contributed by atoms with Crippen LogP contribution in [0.5, 0.6) is 5.75 Å². The molecule has 138 valence electrons. The zero-order chi connectivity index (χ0) is 18.8. The van der Waals surface area contributed by atoms with E-state index < -0.39 is 11.7 Å². The smallest absolute Gasteiger partial charge is 0.276 e. The predicted molar refractivity (Wildman–Crippen MR) is 97.1 cm³/mol. The number of carbonyl (C=O) groups is 1. The minimum Gasteiger partial charge on any atom is -0.494 e. The first-order valence-corrected chi connectivity index (χ1v) is 8.51. The van der Waals surface area contributed by atoms with Crippen LogP contribution in [0.25, 0.3) is 0 Å². The summed E-state index contributed by atoms with van der Waals surface area (Å²) in [7, 11) is 1.39. The van der Waals surface area contributed by atoms with Gasteiger partial charge in [0.2, 0.25) is 0 Å². The summed E-state index contributed by atoms with van der Waals surface area (Å²) in [5.41, 5.74) is 2.39. The number of amides is 1. The van der Waals surface area contributed by atoms with Crippen molar-refractivity contribution in [2.75, 3.05) is 12.4 Å². The Kier molecular flexibility index (Phi) is 4.60. The highest BCUT2D eigenvalue weighted by Gasteiger charge is 2.26. The summed E-state index contributed by atoms with van der Waals surface area (Å²) in [6.45, 7) is 0.857. The van der Waals surface area contributed by atoms with Crippen LogP contribution in [0.4, 0.5) is 10.1 Å². The number of anilines is 1. The maximum Gasteiger partial charge on any atom is 0.276 e. The third-order valence-corrected chi connectivity index (χ3v) is 4.53. The fourth-order valence-corrected chi connectivity index (χ4v) is 3.12. The average Bonchev–Trinajstić information content (AvgIpc) is 3.12. The lowest BCUT2D eigenvalue weighted by Gasteiger charge is -2.25. The van der Waals surface area contributed by atoms with Gasteiger partial charge in [-0.05, 0) is 17.7 Å². The summed E-state index contributed by atoms with van der Waals surface area (Å²) >= 11 is 0. The van der Waals surface area contributed by atoms with Crippen molar-refractivity contribution in [3.8, 4) is 5.75 Å². The van der Waals surface area contributed by atoms with E-state index in [9.17, 15) is 9.18 Å². The number of imidazole rings is 1. The highest BCUT2D eigenvalue weighted by molar-refractivity contribution is 6.03. The van der Waals surface area contributed by atoms with Gasteiger partial charge >= 0.3 is 0 Å². The van der Waals surface area contributed by atoms with Crippen LogP contribution in [0.3, 0.4) is 0 Å². The largest absolute Gasteiger partial charge is 0.494 e. The zero-order valence-electron chi connectivity index (χ0n) is 14.7. The van der Waals surface area contributed by atoms with Gasteiger partial charge in [0, 0.05) is 11.8 Å². The minimum absolute atomic E-state index is 0.0838.